The molecule has 0 unspecified atom stereocenters. The standard InChI is InChI=1S/C26H28N2O5S/c1-20-7-10-24(11-8-20)34(30,31)33-19-22-13-15-28(16-14-22)25-12-9-23(17-27-25)26(29)32-18-21-5-3-2-4-6-21/h2-12,17,22H,13-16,18-19H2,1H3. The quantitative estimate of drug-likeness (QED) is 0.350. The topological polar surface area (TPSA) is 85.8 Å². The van der Waals surface area contributed by atoms with E-state index in [1.54, 1.807) is 30.3 Å². The van der Waals surface area contributed by atoms with Crippen molar-refractivity contribution in [1.29, 1.82) is 0 Å². The van der Waals surface area contributed by atoms with Gasteiger partial charge >= 0.3 is 5.97 Å². The molecule has 0 radical (unpaired) electrons. The maximum Gasteiger partial charge on any atom is 0.340 e. The highest BCUT2D eigenvalue weighted by molar-refractivity contribution is 7.86. The van der Waals surface area contributed by atoms with E-state index in [0.29, 0.717) is 5.56 Å². The third-order valence-corrected chi connectivity index (χ3v) is 7.20. The lowest BCUT2D eigenvalue weighted by molar-refractivity contribution is 0.0472. The second-order valence-corrected chi connectivity index (χ2v) is 10.1. The summed E-state index contributed by atoms with van der Waals surface area (Å²) in [4.78, 5) is 19.0. The highest BCUT2D eigenvalue weighted by Crippen LogP contribution is 2.24. The summed E-state index contributed by atoms with van der Waals surface area (Å²) >= 11 is 0. The van der Waals surface area contributed by atoms with Crippen LogP contribution in [0.25, 0.3) is 0 Å². The van der Waals surface area contributed by atoms with Crippen molar-refractivity contribution >= 4 is 21.9 Å². The smallest absolute Gasteiger partial charge is 0.340 e. The Morgan fingerprint density at radius 1 is 1.00 bits per heavy atom. The fraction of sp³-hybridized carbons (Fsp3) is 0.308. The van der Waals surface area contributed by atoms with Gasteiger partial charge in [0.15, 0.2) is 0 Å². The van der Waals surface area contributed by atoms with Crippen LogP contribution in [-0.4, -0.2) is 39.1 Å². The van der Waals surface area contributed by atoms with Crippen LogP contribution in [0.15, 0.2) is 77.8 Å². The second-order valence-electron chi connectivity index (χ2n) is 8.45. The molecule has 2 heterocycles. The Balaban J connectivity index is 1.24. The van der Waals surface area contributed by atoms with Crippen molar-refractivity contribution in [3.8, 4) is 0 Å². The van der Waals surface area contributed by atoms with Crippen LogP contribution in [0.3, 0.4) is 0 Å². The van der Waals surface area contributed by atoms with Gasteiger partial charge in [0, 0.05) is 19.3 Å². The third-order valence-electron chi connectivity index (χ3n) is 5.90. The number of ether oxygens (including phenoxy) is 1. The van der Waals surface area contributed by atoms with Gasteiger partial charge in [-0.05, 0) is 55.5 Å². The molecule has 0 N–H and O–H groups in total. The zero-order chi connectivity index (χ0) is 24.0. The summed E-state index contributed by atoms with van der Waals surface area (Å²) < 4.78 is 35.5. The predicted octanol–water partition coefficient (Wildman–Crippen LogP) is 4.37. The minimum Gasteiger partial charge on any atom is -0.457 e. The van der Waals surface area contributed by atoms with Crippen LogP contribution in [0, 0.1) is 12.8 Å². The van der Waals surface area contributed by atoms with Gasteiger partial charge in [-0.2, -0.15) is 8.42 Å². The maximum atomic E-state index is 12.4. The molecule has 1 aliphatic rings. The van der Waals surface area contributed by atoms with Crippen LogP contribution in [-0.2, 0) is 25.6 Å². The Hall–Kier alpha value is -3.23. The number of aromatic nitrogens is 1. The number of benzene rings is 2. The molecule has 8 heteroatoms. The zero-order valence-electron chi connectivity index (χ0n) is 19.1. The first-order valence-electron chi connectivity index (χ1n) is 11.3. The zero-order valence-corrected chi connectivity index (χ0v) is 19.9. The number of piperidine rings is 1. The first kappa shape index (κ1) is 23.9. The van der Waals surface area contributed by atoms with E-state index in [-0.39, 0.29) is 24.0 Å². The number of nitrogens with zero attached hydrogens (tertiary/aromatic N) is 2. The van der Waals surface area contributed by atoms with E-state index in [4.69, 9.17) is 8.92 Å². The minimum absolute atomic E-state index is 0.156. The van der Waals surface area contributed by atoms with Crippen molar-refractivity contribution in [2.75, 3.05) is 24.6 Å². The number of esters is 1. The van der Waals surface area contributed by atoms with Gasteiger partial charge in [-0.1, -0.05) is 48.0 Å². The number of hydrogen-bond acceptors (Lipinski definition) is 7. The summed E-state index contributed by atoms with van der Waals surface area (Å²) in [5.41, 5.74) is 2.33. The fourth-order valence-corrected chi connectivity index (χ4v) is 4.76. The Labute approximate surface area is 200 Å². The van der Waals surface area contributed by atoms with Crippen molar-refractivity contribution in [3.63, 3.8) is 0 Å². The molecule has 3 aromatic rings. The summed E-state index contributed by atoms with van der Waals surface area (Å²) in [7, 11) is -3.75. The van der Waals surface area contributed by atoms with Gasteiger partial charge in [-0.15, -0.1) is 0 Å². The van der Waals surface area contributed by atoms with Gasteiger partial charge in [0.1, 0.15) is 12.4 Å². The fourth-order valence-electron chi connectivity index (χ4n) is 3.79. The van der Waals surface area contributed by atoms with Gasteiger partial charge in [0.2, 0.25) is 0 Å². The van der Waals surface area contributed by atoms with E-state index in [2.05, 4.69) is 9.88 Å². The summed E-state index contributed by atoms with van der Waals surface area (Å²) in [5.74, 6) is 0.531. The number of carbonyl (C=O) groups is 1. The molecule has 1 fully saturated rings. The van der Waals surface area contributed by atoms with Crippen LogP contribution in [0.4, 0.5) is 5.82 Å². The van der Waals surface area contributed by atoms with Crippen LogP contribution < -0.4 is 4.90 Å². The maximum absolute atomic E-state index is 12.4. The normalized spacial score (nSPS) is 14.7. The SMILES string of the molecule is Cc1ccc(S(=O)(=O)OCC2CCN(c3ccc(C(=O)OCc4ccccc4)cn3)CC2)cc1. The molecule has 0 aliphatic carbocycles. The second kappa shape index (κ2) is 10.8. The van der Waals surface area contributed by atoms with E-state index in [0.717, 1.165) is 42.9 Å². The Morgan fingerprint density at radius 3 is 2.35 bits per heavy atom. The number of aryl methyl sites for hydroxylation is 1. The van der Waals surface area contributed by atoms with E-state index in [9.17, 15) is 13.2 Å². The first-order chi connectivity index (χ1) is 16.4. The number of anilines is 1. The summed E-state index contributed by atoms with van der Waals surface area (Å²) in [6.45, 7) is 3.78. The Bertz CT molecular complexity index is 1190. The van der Waals surface area contributed by atoms with Gasteiger partial charge in [0.25, 0.3) is 10.1 Å². The Morgan fingerprint density at radius 2 is 1.71 bits per heavy atom. The number of rotatable bonds is 8. The predicted molar refractivity (Wildman–Crippen MR) is 129 cm³/mol. The van der Waals surface area contributed by atoms with Gasteiger partial charge < -0.3 is 9.64 Å². The van der Waals surface area contributed by atoms with Gasteiger partial charge in [-0.3, -0.25) is 4.18 Å². The molecule has 0 amide bonds. The molecule has 34 heavy (non-hydrogen) atoms. The van der Waals surface area contributed by atoms with Crippen molar-refractivity contribution in [1.82, 2.24) is 4.98 Å². The van der Waals surface area contributed by atoms with Crippen molar-refractivity contribution in [2.24, 2.45) is 5.92 Å². The summed E-state index contributed by atoms with van der Waals surface area (Å²) in [6, 6.07) is 19.7. The van der Waals surface area contributed by atoms with Crippen LogP contribution in [0.1, 0.15) is 34.3 Å². The molecular weight excluding hydrogens is 452 g/mol. The van der Waals surface area contributed by atoms with Crippen LogP contribution in [0.2, 0.25) is 0 Å². The lowest BCUT2D eigenvalue weighted by Crippen LogP contribution is -2.36. The lowest BCUT2D eigenvalue weighted by Gasteiger charge is -2.32. The molecule has 1 aliphatic heterocycles. The van der Waals surface area contributed by atoms with E-state index in [1.807, 2.05) is 43.3 Å². The third kappa shape index (κ3) is 6.21. The van der Waals surface area contributed by atoms with Crippen molar-refractivity contribution < 1.29 is 22.1 Å². The molecular formula is C26H28N2O5S. The molecule has 1 aromatic heterocycles. The summed E-state index contributed by atoms with van der Waals surface area (Å²) in [5, 5.41) is 0. The van der Waals surface area contributed by atoms with E-state index in [1.165, 1.54) is 6.20 Å². The highest BCUT2D eigenvalue weighted by Gasteiger charge is 2.24. The molecule has 1 saturated heterocycles. The molecule has 0 bridgehead atoms. The largest absolute Gasteiger partial charge is 0.457 e. The summed E-state index contributed by atoms with van der Waals surface area (Å²) in [6.07, 6.45) is 3.13. The van der Waals surface area contributed by atoms with E-state index < -0.39 is 16.1 Å². The number of hydrogen-bond donors (Lipinski definition) is 0. The molecule has 4 rings (SSSR count). The minimum atomic E-state index is -3.75. The monoisotopic (exact) mass is 480 g/mol. The molecule has 0 atom stereocenters. The number of pyridine rings is 1. The average molecular weight is 481 g/mol. The average Bonchev–Trinajstić information content (AvgIpc) is 2.87. The van der Waals surface area contributed by atoms with Crippen molar-refractivity contribution in [2.45, 2.75) is 31.3 Å². The lowest BCUT2D eigenvalue weighted by atomic mass is 9.98. The van der Waals surface area contributed by atoms with E-state index >= 15 is 0 Å². The van der Waals surface area contributed by atoms with Crippen molar-refractivity contribution in [3.05, 3.63) is 89.6 Å². The first-order valence-corrected chi connectivity index (χ1v) is 12.7. The molecule has 2 aromatic carbocycles. The highest BCUT2D eigenvalue weighted by atomic mass is 32.2. The Kier molecular flexibility index (Phi) is 7.59. The van der Waals surface area contributed by atoms with Crippen LogP contribution >= 0.6 is 0 Å². The van der Waals surface area contributed by atoms with Crippen LogP contribution in [0.5, 0.6) is 0 Å². The molecule has 0 spiro atoms. The number of carbonyl (C=O) groups excluding carboxylic acids is 1. The van der Waals surface area contributed by atoms with Gasteiger partial charge in [0.05, 0.1) is 17.1 Å². The molecule has 0 saturated carbocycles. The van der Waals surface area contributed by atoms with Gasteiger partial charge in [-0.25, -0.2) is 9.78 Å². The molecule has 7 nitrogen and oxygen atoms in total. The molecule has 178 valence electrons.